The van der Waals surface area contributed by atoms with Crippen molar-refractivity contribution < 1.29 is 9.21 Å². The monoisotopic (exact) mass is 432 g/mol. The van der Waals surface area contributed by atoms with Gasteiger partial charge >= 0.3 is 0 Å². The molecular weight excluding hydrogens is 411 g/mol. The third-order valence-corrected chi connectivity index (χ3v) is 4.75. The first-order valence-corrected chi connectivity index (χ1v) is 10.1. The largest absolute Gasteiger partial charge is 0.419 e. The number of rotatable bonds is 8. The number of aryl methyl sites for hydroxylation is 1. The molecule has 1 N–H and O–H groups in total. The minimum Gasteiger partial charge on any atom is -0.419 e. The van der Waals surface area contributed by atoms with E-state index < -0.39 is 0 Å². The van der Waals surface area contributed by atoms with Crippen molar-refractivity contribution in [1.82, 2.24) is 15.1 Å². The van der Waals surface area contributed by atoms with Crippen molar-refractivity contribution in [2.75, 3.05) is 18.4 Å². The molecule has 2 aromatic carbocycles. The van der Waals surface area contributed by atoms with E-state index in [0.29, 0.717) is 40.6 Å². The molecule has 0 aliphatic carbocycles. The standard InChI is InChI=1S/C21H22Cl2N4O2/c1-3-9-27(12-19(28)24-18-8-7-16(22)11-17(18)23)13-20-25-26-21(29-20)15-6-4-5-14(2)10-15/h4-8,10-11H,3,9,12-13H2,1-2H3,(H,24,28). The summed E-state index contributed by atoms with van der Waals surface area (Å²) in [7, 11) is 0. The van der Waals surface area contributed by atoms with Crippen LogP contribution < -0.4 is 5.32 Å². The highest BCUT2D eigenvalue weighted by atomic mass is 35.5. The van der Waals surface area contributed by atoms with Gasteiger partial charge in [0.2, 0.25) is 17.7 Å². The van der Waals surface area contributed by atoms with E-state index in [1.165, 1.54) is 0 Å². The zero-order valence-corrected chi connectivity index (χ0v) is 17.8. The topological polar surface area (TPSA) is 71.3 Å². The van der Waals surface area contributed by atoms with Gasteiger partial charge in [-0.05, 0) is 50.2 Å². The third-order valence-electron chi connectivity index (χ3n) is 4.20. The van der Waals surface area contributed by atoms with Crippen molar-refractivity contribution in [3.05, 3.63) is 64.0 Å². The molecule has 0 bridgehead atoms. The summed E-state index contributed by atoms with van der Waals surface area (Å²) < 4.78 is 5.80. The summed E-state index contributed by atoms with van der Waals surface area (Å²) in [6, 6.07) is 12.8. The van der Waals surface area contributed by atoms with E-state index in [2.05, 4.69) is 15.5 Å². The lowest BCUT2D eigenvalue weighted by Gasteiger charge is -2.19. The number of nitrogens with zero attached hydrogens (tertiary/aromatic N) is 3. The van der Waals surface area contributed by atoms with Crippen molar-refractivity contribution in [3.63, 3.8) is 0 Å². The third kappa shape index (κ3) is 6.03. The Labute approximate surface area is 179 Å². The highest BCUT2D eigenvalue weighted by Crippen LogP contribution is 2.25. The molecule has 1 amide bonds. The van der Waals surface area contributed by atoms with Crippen LogP contribution in [0.2, 0.25) is 10.0 Å². The molecule has 3 rings (SSSR count). The quantitative estimate of drug-likeness (QED) is 0.529. The summed E-state index contributed by atoms with van der Waals surface area (Å²) in [6.07, 6.45) is 0.883. The molecule has 0 saturated carbocycles. The summed E-state index contributed by atoms with van der Waals surface area (Å²) in [6.45, 7) is 5.33. The Morgan fingerprint density at radius 3 is 2.72 bits per heavy atom. The molecule has 0 aliphatic heterocycles. The van der Waals surface area contributed by atoms with Crippen LogP contribution in [-0.2, 0) is 11.3 Å². The molecule has 0 saturated heterocycles. The summed E-state index contributed by atoms with van der Waals surface area (Å²) in [5, 5.41) is 12.0. The lowest BCUT2D eigenvalue weighted by atomic mass is 10.1. The number of carbonyl (C=O) groups is 1. The Morgan fingerprint density at radius 2 is 2.00 bits per heavy atom. The Hall–Kier alpha value is -2.41. The second-order valence-electron chi connectivity index (χ2n) is 6.75. The average molecular weight is 433 g/mol. The van der Waals surface area contributed by atoms with Crippen LogP contribution >= 0.6 is 23.2 Å². The molecule has 29 heavy (non-hydrogen) atoms. The van der Waals surface area contributed by atoms with Crippen molar-refractivity contribution in [3.8, 4) is 11.5 Å². The van der Waals surface area contributed by atoms with E-state index in [0.717, 1.165) is 17.5 Å². The van der Waals surface area contributed by atoms with E-state index in [4.69, 9.17) is 27.6 Å². The fourth-order valence-corrected chi connectivity index (χ4v) is 3.37. The predicted octanol–water partition coefficient (Wildman–Crippen LogP) is 5.20. The van der Waals surface area contributed by atoms with Crippen molar-refractivity contribution in [2.45, 2.75) is 26.8 Å². The number of carbonyl (C=O) groups excluding carboxylic acids is 1. The fourth-order valence-electron chi connectivity index (χ4n) is 2.92. The lowest BCUT2D eigenvalue weighted by molar-refractivity contribution is -0.117. The molecule has 3 aromatic rings. The average Bonchev–Trinajstić information content (AvgIpc) is 3.13. The number of anilines is 1. The van der Waals surface area contributed by atoms with Crippen LogP contribution in [0.25, 0.3) is 11.5 Å². The first-order chi connectivity index (χ1) is 13.9. The molecule has 6 nitrogen and oxygen atoms in total. The fraction of sp³-hybridized carbons (Fsp3) is 0.286. The lowest BCUT2D eigenvalue weighted by Crippen LogP contribution is -2.33. The molecule has 8 heteroatoms. The number of aromatic nitrogens is 2. The molecule has 0 fully saturated rings. The second-order valence-corrected chi connectivity index (χ2v) is 7.60. The SMILES string of the molecule is CCCN(CC(=O)Nc1ccc(Cl)cc1Cl)Cc1nnc(-c2cccc(C)c2)o1. The van der Waals surface area contributed by atoms with E-state index in [1.54, 1.807) is 18.2 Å². The van der Waals surface area contributed by atoms with Crippen LogP contribution in [-0.4, -0.2) is 34.1 Å². The highest BCUT2D eigenvalue weighted by Gasteiger charge is 2.16. The number of hydrogen-bond acceptors (Lipinski definition) is 5. The number of halogens is 2. The molecule has 1 heterocycles. The van der Waals surface area contributed by atoms with Gasteiger partial charge in [0.05, 0.1) is 23.8 Å². The number of nitrogens with one attached hydrogen (secondary N) is 1. The molecule has 0 unspecified atom stereocenters. The van der Waals surface area contributed by atoms with Gasteiger partial charge in [0.15, 0.2) is 0 Å². The Morgan fingerprint density at radius 1 is 1.17 bits per heavy atom. The molecule has 152 valence electrons. The summed E-state index contributed by atoms with van der Waals surface area (Å²) >= 11 is 12.0. The van der Waals surface area contributed by atoms with Gasteiger partial charge in [-0.25, -0.2) is 0 Å². The Balaban J connectivity index is 1.65. The van der Waals surface area contributed by atoms with Gasteiger partial charge < -0.3 is 9.73 Å². The molecular formula is C21H22Cl2N4O2. The van der Waals surface area contributed by atoms with Crippen LogP contribution in [0.5, 0.6) is 0 Å². The van der Waals surface area contributed by atoms with Gasteiger partial charge in [0.25, 0.3) is 0 Å². The maximum absolute atomic E-state index is 12.5. The minimum absolute atomic E-state index is 0.176. The van der Waals surface area contributed by atoms with E-state index in [-0.39, 0.29) is 12.5 Å². The number of hydrogen-bond donors (Lipinski definition) is 1. The summed E-state index contributed by atoms with van der Waals surface area (Å²) in [5.74, 6) is 0.755. The summed E-state index contributed by atoms with van der Waals surface area (Å²) in [5.41, 5.74) is 2.52. The maximum Gasteiger partial charge on any atom is 0.247 e. The molecule has 0 aliphatic rings. The van der Waals surface area contributed by atoms with E-state index in [1.807, 2.05) is 43.0 Å². The maximum atomic E-state index is 12.5. The molecule has 1 aromatic heterocycles. The van der Waals surface area contributed by atoms with E-state index in [9.17, 15) is 4.79 Å². The van der Waals surface area contributed by atoms with Crippen LogP contribution in [0.1, 0.15) is 24.8 Å². The minimum atomic E-state index is -0.180. The smallest absolute Gasteiger partial charge is 0.247 e. The van der Waals surface area contributed by atoms with Gasteiger partial charge in [-0.3, -0.25) is 9.69 Å². The first-order valence-electron chi connectivity index (χ1n) is 9.31. The van der Waals surface area contributed by atoms with Crippen molar-refractivity contribution in [1.29, 1.82) is 0 Å². The van der Waals surface area contributed by atoms with Gasteiger partial charge in [-0.1, -0.05) is 47.8 Å². The zero-order valence-electron chi connectivity index (χ0n) is 16.3. The van der Waals surface area contributed by atoms with Gasteiger partial charge in [0.1, 0.15) is 0 Å². The van der Waals surface area contributed by atoms with Crippen molar-refractivity contribution >= 4 is 34.8 Å². The van der Waals surface area contributed by atoms with Crippen LogP contribution in [0.15, 0.2) is 46.9 Å². The second kappa shape index (κ2) is 9.87. The van der Waals surface area contributed by atoms with Gasteiger partial charge in [-0.2, -0.15) is 0 Å². The molecule has 0 atom stereocenters. The number of amides is 1. The van der Waals surface area contributed by atoms with Crippen LogP contribution in [0.4, 0.5) is 5.69 Å². The molecule has 0 radical (unpaired) electrons. The first kappa shape index (κ1) is 21.3. The predicted molar refractivity (Wildman–Crippen MR) is 115 cm³/mol. The van der Waals surface area contributed by atoms with E-state index >= 15 is 0 Å². The molecule has 0 spiro atoms. The Kier molecular flexibility index (Phi) is 7.25. The summed E-state index contributed by atoms with van der Waals surface area (Å²) in [4.78, 5) is 14.4. The zero-order chi connectivity index (χ0) is 20.8. The Bertz CT molecular complexity index is 990. The van der Waals surface area contributed by atoms with Crippen LogP contribution in [0.3, 0.4) is 0 Å². The highest BCUT2D eigenvalue weighted by molar-refractivity contribution is 6.36. The van der Waals surface area contributed by atoms with Gasteiger partial charge in [0, 0.05) is 10.6 Å². The normalized spacial score (nSPS) is 11.1. The number of benzene rings is 2. The van der Waals surface area contributed by atoms with Gasteiger partial charge in [-0.15, -0.1) is 10.2 Å². The van der Waals surface area contributed by atoms with Crippen LogP contribution in [0, 0.1) is 6.92 Å². The van der Waals surface area contributed by atoms with Crippen molar-refractivity contribution in [2.24, 2.45) is 0 Å².